The molecule has 0 radical (unpaired) electrons. The molecule has 1 atom stereocenters. The molecule has 150 valence electrons. The molecule has 4 rings (SSSR count). The summed E-state index contributed by atoms with van der Waals surface area (Å²) in [4.78, 5) is 47.9. The molecule has 3 heterocycles. The van der Waals surface area contributed by atoms with Gasteiger partial charge in [-0.3, -0.25) is 19.9 Å². The molecular weight excluding hydrogens is 408 g/mol. The Kier molecular flexibility index (Phi) is 5.40. The number of nitrogens with one attached hydrogen (secondary N) is 1. The van der Waals surface area contributed by atoms with Gasteiger partial charge in [0.1, 0.15) is 23.8 Å². The lowest BCUT2D eigenvalue weighted by Gasteiger charge is -2.10. The zero-order chi connectivity index (χ0) is 21.1. The Labute approximate surface area is 174 Å². The van der Waals surface area contributed by atoms with Gasteiger partial charge >= 0.3 is 5.97 Å². The van der Waals surface area contributed by atoms with Crippen LogP contribution in [0.4, 0.5) is 4.79 Å². The number of esters is 1. The Balaban J connectivity index is 1.41. The van der Waals surface area contributed by atoms with Gasteiger partial charge in [0.15, 0.2) is 0 Å². The summed E-state index contributed by atoms with van der Waals surface area (Å²) in [5.41, 5.74) is 1.93. The standard InChI is InChI=1S/C20H14N4O5S/c1-11(15-10-28-18(23-15)14-9-21-6-7-22-14)29-19(26)13-4-2-12(3-5-13)8-16-17(25)24-20(27)30-16/h2-11H,1H3,(H,24,25,27)/b16-8-. The summed E-state index contributed by atoms with van der Waals surface area (Å²) < 4.78 is 10.8. The highest BCUT2D eigenvalue weighted by Crippen LogP contribution is 2.26. The Morgan fingerprint density at radius 2 is 2.03 bits per heavy atom. The van der Waals surface area contributed by atoms with Crippen LogP contribution in [0.5, 0.6) is 0 Å². The lowest BCUT2D eigenvalue weighted by atomic mass is 10.1. The Hall–Kier alpha value is -3.79. The lowest BCUT2D eigenvalue weighted by Crippen LogP contribution is -2.17. The third-order valence-electron chi connectivity index (χ3n) is 4.09. The van der Waals surface area contributed by atoms with Gasteiger partial charge in [-0.1, -0.05) is 12.1 Å². The summed E-state index contributed by atoms with van der Waals surface area (Å²) in [5, 5.41) is 1.78. The van der Waals surface area contributed by atoms with Gasteiger partial charge in [0.05, 0.1) is 16.7 Å². The summed E-state index contributed by atoms with van der Waals surface area (Å²) in [6.07, 6.45) is 6.93. The Bertz CT molecular complexity index is 1140. The number of carbonyl (C=O) groups is 3. The number of carbonyl (C=O) groups excluding carboxylic acids is 3. The SMILES string of the molecule is CC(OC(=O)c1ccc(/C=C2\SC(=O)NC2=O)cc1)c1coc(-c2cnccn2)n1. The van der Waals surface area contributed by atoms with Gasteiger partial charge in [0.25, 0.3) is 11.1 Å². The van der Waals surface area contributed by atoms with Crippen LogP contribution in [-0.4, -0.2) is 32.1 Å². The summed E-state index contributed by atoms with van der Waals surface area (Å²) in [7, 11) is 0. The van der Waals surface area contributed by atoms with E-state index >= 15 is 0 Å². The van der Waals surface area contributed by atoms with Gasteiger partial charge in [-0.05, 0) is 42.5 Å². The van der Waals surface area contributed by atoms with Gasteiger partial charge in [-0.25, -0.2) is 14.8 Å². The molecule has 2 amide bonds. The van der Waals surface area contributed by atoms with Crippen molar-refractivity contribution < 1.29 is 23.5 Å². The van der Waals surface area contributed by atoms with Crippen LogP contribution in [0.1, 0.15) is 34.6 Å². The van der Waals surface area contributed by atoms with E-state index in [2.05, 4.69) is 20.3 Å². The molecule has 1 aromatic carbocycles. The van der Waals surface area contributed by atoms with E-state index in [1.807, 2.05) is 0 Å². The quantitative estimate of drug-likeness (QED) is 0.486. The zero-order valence-corrected chi connectivity index (χ0v) is 16.4. The molecule has 10 heteroatoms. The van der Waals surface area contributed by atoms with Crippen LogP contribution in [0.15, 0.2) is 58.4 Å². The molecule has 1 fully saturated rings. The van der Waals surface area contributed by atoms with Gasteiger partial charge in [-0.2, -0.15) is 0 Å². The summed E-state index contributed by atoms with van der Waals surface area (Å²) in [6, 6.07) is 6.48. The summed E-state index contributed by atoms with van der Waals surface area (Å²) >= 11 is 0.831. The first kappa shape index (κ1) is 19.5. The Morgan fingerprint density at radius 1 is 1.23 bits per heavy atom. The van der Waals surface area contributed by atoms with Crippen molar-refractivity contribution in [2.75, 3.05) is 0 Å². The van der Waals surface area contributed by atoms with Crippen LogP contribution in [0.2, 0.25) is 0 Å². The van der Waals surface area contributed by atoms with Gasteiger partial charge < -0.3 is 9.15 Å². The number of amides is 2. The highest BCUT2D eigenvalue weighted by Gasteiger charge is 2.25. The van der Waals surface area contributed by atoms with Crippen molar-refractivity contribution in [3.8, 4) is 11.6 Å². The fourth-order valence-corrected chi connectivity index (χ4v) is 3.26. The number of oxazole rings is 1. The predicted octanol–water partition coefficient (Wildman–Crippen LogP) is 3.37. The van der Waals surface area contributed by atoms with Crippen molar-refractivity contribution in [1.29, 1.82) is 0 Å². The second-order valence-electron chi connectivity index (χ2n) is 6.19. The van der Waals surface area contributed by atoms with Crippen molar-refractivity contribution in [2.24, 2.45) is 0 Å². The van der Waals surface area contributed by atoms with Crippen LogP contribution in [0.3, 0.4) is 0 Å². The van der Waals surface area contributed by atoms with Gasteiger partial charge in [0.2, 0.25) is 5.89 Å². The lowest BCUT2D eigenvalue weighted by molar-refractivity contribution is -0.115. The molecule has 0 bridgehead atoms. The topological polar surface area (TPSA) is 124 Å². The highest BCUT2D eigenvalue weighted by atomic mass is 32.2. The minimum atomic E-state index is -0.641. The monoisotopic (exact) mass is 422 g/mol. The minimum absolute atomic E-state index is 0.283. The molecule has 1 aliphatic rings. The first-order valence-electron chi connectivity index (χ1n) is 8.77. The highest BCUT2D eigenvalue weighted by molar-refractivity contribution is 8.18. The third-order valence-corrected chi connectivity index (χ3v) is 4.90. The molecule has 1 N–H and O–H groups in total. The number of thioether (sulfide) groups is 1. The molecule has 2 aromatic heterocycles. The first-order chi connectivity index (χ1) is 14.5. The first-order valence-corrected chi connectivity index (χ1v) is 9.59. The van der Waals surface area contributed by atoms with E-state index in [-0.39, 0.29) is 5.89 Å². The van der Waals surface area contributed by atoms with E-state index < -0.39 is 23.2 Å². The third kappa shape index (κ3) is 4.28. The number of hydrogen-bond donors (Lipinski definition) is 1. The minimum Gasteiger partial charge on any atom is -0.452 e. The van der Waals surface area contributed by atoms with Gasteiger partial charge in [-0.15, -0.1) is 0 Å². The van der Waals surface area contributed by atoms with Crippen molar-refractivity contribution in [1.82, 2.24) is 20.3 Å². The number of hydrogen-bond acceptors (Lipinski definition) is 9. The molecule has 1 saturated heterocycles. The number of nitrogens with zero attached hydrogens (tertiary/aromatic N) is 3. The second-order valence-corrected chi connectivity index (χ2v) is 7.20. The van der Waals surface area contributed by atoms with E-state index in [1.165, 1.54) is 18.7 Å². The normalized spacial score (nSPS) is 15.8. The average molecular weight is 422 g/mol. The van der Waals surface area contributed by atoms with Crippen LogP contribution in [0.25, 0.3) is 17.7 Å². The zero-order valence-electron chi connectivity index (χ0n) is 15.6. The van der Waals surface area contributed by atoms with Crippen LogP contribution in [-0.2, 0) is 9.53 Å². The summed E-state index contributed by atoms with van der Waals surface area (Å²) in [5.74, 6) is -0.685. The molecule has 1 unspecified atom stereocenters. The van der Waals surface area contributed by atoms with Crippen molar-refractivity contribution in [3.63, 3.8) is 0 Å². The maximum Gasteiger partial charge on any atom is 0.338 e. The van der Waals surface area contributed by atoms with Crippen LogP contribution < -0.4 is 5.32 Å². The number of rotatable bonds is 5. The van der Waals surface area contributed by atoms with Crippen molar-refractivity contribution >= 4 is 35.0 Å². The van der Waals surface area contributed by atoms with E-state index in [4.69, 9.17) is 9.15 Å². The predicted molar refractivity (Wildman–Crippen MR) is 107 cm³/mol. The van der Waals surface area contributed by atoms with Gasteiger partial charge in [0, 0.05) is 12.4 Å². The molecule has 0 spiro atoms. The maximum atomic E-state index is 12.4. The largest absolute Gasteiger partial charge is 0.452 e. The number of imide groups is 1. The van der Waals surface area contributed by atoms with Crippen LogP contribution in [0, 0.1) is 0 Å². The van der Waals surface area contributed by atoms with Crippen molar-refractivity contribution in [2.45, 2.75) is 13.0 Å². The van der Waals surface area contributed by atoms with E-state index in [9.17, 15) is 14.4 Å². The molecule has 1 aliphatic heterocycles. The second kappa shape index (κ2) is 8.29. The molecule has 3 aromatic rings. The molecule has 0 saturated carbocycles. The number of benzene rings is 1. The number of aromatic nitrogens is 3. The molecule has 30 heavy (non-hydrogen) atoms. The fourth-order valence-electron chi connectivity index (χ4n) is 2.58. The van der Waals surface area contributed by atoms with E-state index in [1.54, 1.807) is 43.5 Å². The van der Waals surface area contributed by atoms with E-state index in [0.29, 0.717) is 27.4 Å². The van der Waals surface area contributed by atoms with Crippen LogP contribution >= 0.6 is 11.8 Å². The molecule has 9 nitrogen and oxygen atoms in total. The summed E-state index contributed by atoms with van der Waals surface area (Å²) in [6.45, 7) is 1.68. The fraction of sp³-hybridized carbons (Fsp3) is 0.100. The maximum absolute atomic E-state index is 12.4. The van der Waals surface area contributed by atoms with Crippen molar-refractivity contribution in [3.05, 3.63) is 70.8 Å². The molecular formula is C20H14N4O5S. The van der Waals surface area contributed by atoms with E-state index in [0.717, 1.165) is 11.8 Å². The average Bonchev–Trinajstić information content (AvgIpc) is 3.36. The Morgan fingerprint density at radius 3 is 2.70 bits per heavy atom. The molecule has 0 aliphatic carbocycles. The smallest absolute Gasteiger partial charge is 0.338 e. The number of ether oxygens (including phenoxy) is 1.